The van der Waals surface area contributed by atoms with Gasteiger partial charge in [-0.15, -0.1) is 0 Å². The lowest BCUT2D eigenvalue weighted by Gasteiger charge is -2.24. The summed E-state index contributed by atoms with van der Waals surface area (Å²) in [6.07, 6.45) is 0.564. The maximum Gasteiger partial charge on any atom is 0.264 e. The van der Waals surface area contributed by atoms with Crippen LogP contribution < -0.4 is 9.62 Å². The third-order valence-electron chi connectivity index (χ3n) is 6.49. The topological polar surface area (TPSA) is 66.5 Å². The molecular formula is C27H30N2O3S. The number of amides is 1. The van der Waals surface area contributed by atoms with Gasteiger partial charge in [-0.05, 0) is 99.2 Å². The monoisotopic (exact) mass is 462 g/mol. The number of rotatable bonds is 5. The van der Waals surface area contributed by atoms with E-state index < -0.39 is 10.0 Å². The van der Waals surface area contributed by atoms with Crippen molar-refractivity contribution >= 4 is 21.6 Å². The molecule has 0 saturated heterocycles. The van der Waals surface area contributed by atoms with E-state index in [1.807, 2.05) is 19.9 Å². The van der Waals surface area contributed by atoms with Gasteiger partial charge in [-0.3, -0.25) is 9.10 Å². The summed E-state index contributed by atoms with van der Waals surface area (Å²) in [6.45, 7) is 10.1. The highest BCUT2D eigenvalue weighted by molar-refractivity contribution is 7.92. The quantitative estimate of drug-likeness (QED) is 0.564. The van der Waals surface area contributed by atoms with Crippen LogP contribution in [0.4, 0.5) is 5.69 Å². The zero-order valence-electron chi connectivity index (χ0n) is 19.7. The molecular weight excluding hydrogens is 432 g/mol. The van der Waals surface area contributed by atoms with Gasteiger partial charge in [-0.25, -0.2) is 8.42 Å². The van der Waals surface area contributed by atoms with E-state index in [2.05, 4.69) is 38.2 Å². The molecule has 0 fully saturated rings. The number of nitrogens with zero attached hydrogens (tertiary/aromatic N) is 1. The minimum absolute atomic E-state index is 0.140. The molecule has 1 aliphatic rings. The van der Waals surface area contributed by atoms with E-state index in [9.17, 15) is 13.2 Å². The highest BCUT2D eigenvalue weighted by atomic mass is 32.2. The molecule has 5 nitrogen and oxygen atoms in total. The van der Waals surface area contributed by atoms with Gasteiger partial charge < -0.3 is 5.32 Å². The van der Waals surface area contributed by atoms with Gasteiger partial charge in [0.2, 0.25) is 0 Å². The average molecular weight is 463 g/mol. The van der Waals surface area contributed by atoms with Gasteiger partial charge in [0, 0.05) is 11.6 Å². The van der Waals surface area contributed by atoms with E-state index in [4.69, 9.17) is 0 Å². The Bertz CT molecular complexity index is 1320. The second-order valence-corrected chi connectivity index (χ2v) is 10.8. The Hall–Kier alpha value is -3.12. The fourth-order valence-electron chi connectivity index (χ4n) is 4.62. The van der Waals surface area contributed by atoms with E-state index in [1.165, 1.54) is 15.4 Å². The summed E-state index contributed by atoms with van der Waals surface area (Å²) in [7, 11) is -3.67. The molecule has 0 spiro atoms. The van der Waals surface area contributed by atoms with Gasteiger partial charge in [0.05, 0.1) is 16.6 Å². The molecule has 1 amide bonds. The van der Waals surface area contributed by atoms with Crippen molar-refractivity contribution in [2.45, 2.75) is 58.0 Å². The number of anilines is 1. The number of hydrogen-bond acceptors (Lipinski definition) is 3. The van der Waals surface area contributed by atoms with E-state index in [0.717, 1.165) is 16.7 Å². The minimum atomic E-state index is -3.67. The van der Waals surface area contributed by atoms with Gasteiger partial charge in [0.15, 0.2) is 0 Å². The molecule has 1 aliphatic heterocycles. The van der Waals surface area contributed by atoms with Crippen LogP contribution in [0.15, 0.2) is 65.6 Å². The van der Waals surface area contributed by atoms with Gasteiger partial charge in [0.25, 0.3) is 15.9 Å². The first-order valence-electron chi connectivity index (χ1n) is 11.2. The van der Waals surface area contributed by atoms with Crippen molar-refractivity contribution in [2.24, 2.45) is 0 Å². The maximum atomic E-state index is 13.3. The van der Waals surface area contributed by atoms with E-state index in [-0.39, 0.29) is 22.9 Å². The van der Waals surface area contributed by atoms with Crippen molar-refractivity contribution in [1.82, 2.24) is 5.32 Å². The molecule has 33 heavy (non-hydrogen) atoms. The number of aryl methyl sites for hydroxylation is 3. The van der Waals surface area contributed by atoms with Gasteiger partial charge in [-0.1, -0.05) is 30.3 Å². The Labute approximate surface area is 196 Å². The summed E-state index contributed by atoms with van der Waals surface area (Å²) in [5, 5.41) is 3.10. The standard InChI is InChI=1S/C27H30N2O3S/c1-17-13-19(3)25(14-18(17)2)21(5)28-27(30)22-11-12-26-23(16-22)15-20(4)29(26)33(31,32)24-9-7-6-8-10-24/h6-14,16,20-21H,15H2,1-5H3,(H,28,30)/t20-,21+/m0/s1. The number of benzene rings is 3. The Morgan fingerprint density at radius 3 is 2.33 bits per heavy atom. The van der Waals surface area contributed by atoms with Crippen molar-refractivity contribution in [3.8, 4) is 0 Å². The summed E-state index contributed by atoms with van der Waals surface area (Å²) in [5.74, 6) is -0.167. The Kier molecular flexibility index (Phi) is 6.06. The molecule has 1 N–H and O–H groups in total. The zero-order chi connectivity index (χ0) is 23.9. The molecule has 0 saturated carbocycles. The number of carbonyl (C=O) groups is 1. The Morgan fingerprint density at radius 1 is 0.970 bits per heavy atom. The number of carbonyl (C=O) groups excluding carboxylic acids is 1. The summed E-state index contributed by atoms with van der Waals surface area (Å²) in [6, 6.07) is 17.7. The lowest BCUT2D eigenvalue weighted by Crippen LogP contribution is -2.35. The van der Waals surface area contributed by atoms with Crippen LogP contribution in [0, 0.1) is 20.8 Å². The molecule has 3 aromatic rings. The molecule has 172 valence electrons. The van der Waals surface area contributed by atoms with Crippen molar-refractivity contribution in [3.05, 3.63) is 94.0 Å². The molecule has 3 aromatic carbocycles. The molecule has 6 heteroatoms. The molecule has 2 atom stereocenters. The second kappa shape index (κ2) is 8.67. The molecule has 0 aliphatic carbocycles. The summed E-state index contributed by atoms with van der Waals surface area (Å²) < 4.78 is 28.0. The van der Waals surface area contributed by atoms with Crippen LogP contribution >= 0.6 is 0 Å². The number of nitrogens with one attached hydrogen (secondary N) is 1. The van der Waals surface area contributed by atoms with Crippen LogP contribution in [-0.2, 0) is 16.4 Å². The molecule has 0 unspecified atom stereocenters. The molecule has 0 aromatic heterocycles. The largest absolute Gasteiger partial charge is 0.346 e. The lowest BCUT2D eigenvalue weighted by atomic mass is 9.96. The number of fused-ring (bicyclic) bond motifs is 1. The maximum absolute atomic E-state index is 13.3. The SMILES string of the molecule is Cc1cc(C)c([C@@H](C)NC(=O)c2ccc3c(c2)C[C@H](C)N3S(=O)(=O)c2ccccc2)cc1C. The van der Waals surface area contributed by atoms with Crippen LogP contribution in [0.25, 0.3) is 0 Å². The highest BCUT2D eigenvalue weighted by Crippen LogP contribution is 2.37. The number of sulfonamides is 1. The van der Waals surface area contributed by atoms with Crippen LogP contribution in [0.5, 0.6) is 0 Å². The van der Waals surface area contributed by atoms with Gasteiger partial charge in [0.1, 0.15) is 0 Å². The summed E-state index contributed by atoms with van der Waals surface area (Å²) >= 11 is 0. The van der Waals surface area contributed by atoms with Crippen LogP contribution in [0.2, 0.25) is 0 Å². The normalized spacial score (nSPS) is 16.4. The van der Waals surface area contributed by atoms with Crippen molar-refractivity contribution in [1.29, 1.82) is 0 Å². The third-order valence-corrected chi connectivity index (χ3v) is 8.43. The molecule has 4 rings (SSSR count). The lowest BCUT2D eigenvalue weighted by molar-refractivity contribution is 0.0939. The highest BCUT2D eigenvalue weighted by Gasteiger charge is 2.36. The zero-order valence-corrected chi connectivity index (χ0v) is 20.5. The molecule has 1 heterocycles. The first-order valence-corrected chi connectivity index (χ1v) is 12.6. The fraction of sp³-hybridized carbons (Fsp3) is 0.296. The van der Waals surface area contributed by atoms with Crippen molar-refractivity contribution < 1.29 is 13.2 Å². The third kappa shape index (κ3) is 4.27. The average Bonchev–Trinajstić information content (AvgIpc) is 3.12. The fourth-order valence-corrected chi connectivity index (χ4v) is 6.34. The van der Waals surface area contributed by atoms with E-state index in [0.29, 0.717) is 17.7 Å². The first kappa shape index (κ1) is 23.1. The van der Waals surface area contributed by atoms with E-state index in [1.54, 1.807) is 42.5 Å². The predicted molar refractivity (Wildman–Crippen MR) is 132 cm³/mol. The molecule has 0 bridgehead atoms. The smallest absolute Gasteiger partial charge is 0.264 e. The van der Waals surface area contributed by atoms with Crippen LogP contribution in [-0.4, -0.2) is 20.4 Å². The van der Waals surface area contributed by atoms with Gasteiger partial charge >= 0.3 is 0 Å². The summed E-state index contributed by atoms with van der Waals surface area (Å²) in [5.41, 5.74) is 6.72. The number of hydrogen-bond donors (Lipinski definition) is 1. The van der Waals surface area contributed by atoms with Crippen LogP contribution in [0.1, 0.15) is 58.1 Å². The molecule has 0 radical (unpaired) electrons. The first-order chi connectivity index (χ1) is 15.6. The van der Waals surface area contributed by atoms with E-state index >= 15 is 0 Å². The van der Waals surface area contributed by atoms with Crippen molar-refractivity contribution in [3.63, 3.8) is 0 Å². The minimum Gasteiger partial charge on any atom is -0.346 e. The predicted octanol–water partition coefficient (Wildman–Crippen LogP) is 5.24. The Morgan fingerprint density at radius 2 is 1.64 bits per heavy atom. The second-order valence-electron chi connectivity index (χ2n) is 9.00. The van der Waals surface area contributed by atoms with Gasteiger partial charge in [-0.2, -0.15) is 0 Å². The van der Waals surface area contributed by atoms with Crippen molar-refractivity contribution in [2.75, 3.05) is 4.31 Å². The van der Waals surface area contributed by atoms with Crippen LogP contribution in [0.3, 0.4) is 0 Å². The Balaban J connectivity index is 1.59. The summed E-state index contributed by atoms with van der Waals surface area (Å²) in [4.78, 5) is 13.3.